The largest absolute Gasteiger partial charge is 0.308 e. The van der Waals surface area contributed by atoms with E-state index in [2.05, 4.69) is 35.8 Å². The first-order chi connectivity index (χ1) is 9.29. The molecule has 3 rings (SSSR count). The van der Waals surface area contributed by atoms with E-state index in [0.29, 0.717) is 6.04 Å². The van der Waals surface area contributed by atoms with E-state index in [-0.39, 0.29) is 0 Å². The molecule has 2 aromatic rings. The van der Waals surface area contributed by atoms with Gasteiger partial charge < -0.3 is 5.32 Å². The molecule has 0 spiro atoms. The highest BCUT2D eigenvalue weighted by atomic mass is 35.5. The van der Waals surface area contributed by atoms with Gasteiger partial charge in [-0.05, 0) is 25.2 Å². The second kappa shape index (κ2) is 6.04. The lowest BCUT2D eigenvalue weighted by molar-refractivity contribution is 0.535. The summed E-state index contributed by atoms with van der Waals surface area (Å²) in [5.41, 5.74) is 0. The molecule has 4 heteroatoms. The van der Waals surface area contributed by atoms with Gasteiger partial charge in [0.25, 0.3) is 0 Å². The van der Waals surface area contributed by atoms with Crippen LogP contribution >= 0.6 is 34.7 Å². The van der Waals surface area contributed by atoms with Crippen LogP contribution in [0.4, 0.5) is 0 Å². The number of hydrogen-bond acceptors (Lipinski definition) is 3. The average molecular weight is 312 g/mol. The van der Waals surface area contributed by atoms with Crippen molar-refractivity contribution in [2.24, 2.45) is 0 Å². The Hall–Kier alpha value is -0.220. The molecule has 2 unspecified atom stereocenters. The average Bonchev–Trinajstić information content (AvgIpc) is 3.01. The Morgan fingerprint density at radius 2 is 2.21 bits per heavy atom. The molecule has 2 atom stereocenters. The van der Waals surface area contributed by atoms with Crippen LogP contribution in [0.1, 0.15) is 24.1 Å². The van der Waals surface area contributed by atoms with Crippen LogP contribution in [0, 0.1) is 0 Å². The maximum Gasteiger partial charge on any atom is 0.0636 e. The van der Waals surface area contributed by atoms with Crippen LogP contribution in [0.3, 0.4) is 0 Å². The second-order valence-electron chi connectivity index (χ2n) is 5.03. The van der Waals surface area contributed by atoms with E-state index in [9.17, 15) is 0 Å². The van der Waals surface area contributed by atoms with Crippen LogP contribution in [0.2, 0.25) is 5.02 Å². The fourth-order valence-corrected chi connectivity index (χ4v) is 5.26. The zero-order valence-electron chi connectivity index (χ0n) is 11.0. The third kappa shape index (κ3) is 2.80. The highest BCUT2D eigenvalue weighted by Crippen LogP contribution is 2.35. The molecule has 0 bridgehead atoms. The van der Waals surface area contributed by atoms with Crippen LogP contribution in [-0.4, -0.2) is 17.5 Å². The minimum absolute atomic E-state index is 0.649. The smallest absolute Gasteiger partial charge is 0.0636 e. The fraction of sp³-hybridized carbons (Fsp3) is 0.467. The number of rotatable bonds is 4. The lowest BCUT2D eigenvalue weighted by atomic mass is 10.2. The van der Waals surface area contributed by atoms with Gasteiger partial charge in [0.05, 0.1) is 5.02 Å². The van der Waals surface area contributed by atoms with Gasteiger partial charge in [0.15, 0.2) is 0 Å². The number of thiophene rings is 1. The quantitative estimate of drug-likeness (QED) is 0.859. The molecule has 1 aromatic heterocycles. The summed E-state index contributed by atoms with van der Waals surface area (Å²) in [6.07, 6.45) is 6.22. The molecule has 0 saturated heterocycles. The van der Waals surface area contributed by atoms with Crippen LogP contribution in [0.5, 0.6) is 0 Å². The van der Waals surface area contributed by atoms with Crippen LogP contribution < -0.4 is 5.32 Å². The van der Waals surface area contributed by atoms with E-state index >= 15 is 0 Å². The lowest BCUT2D eigenvalue weighted by Crippen LogP contribution is -2.33. The van der Waals surface area contributed by atoms with Crippen LogP contribution in [-0.2, 0) is 6.54 Å². The van der Waals surface area contributed by atoms with Gasteiger partial charge in [-0.1, -0.05) is 36.2 Å². The molecular weight excluding hydrogens is 294 g/mol. The van der Waals surface area contributed by atoms with Gasteiger partial charge in [0, 0.05) is 32.8 Å². The van der Waals surface area contributed by atoms with Gasteiger partial charge in [0.2, 0.25) is 0 Å². The number of benzene rings is 1. The summed E-state index contributed by atoms with van der Waals surface area (Å²) in [4.78, 5) is 1.27. The van der Waals surface area contributed by atoms with Crippen molar-refractivity contribution in [3.05, 3.63) is 34.2 Å². The summed E-state index contributed by atoms with van der Waals surface area (Å²) in [7, 11) is 0. The van der Waals surface area contributed by atoms with Crippen LogP contribution in [0.15, 0.2) is 24.3 Å². The Kier molecular flexibility index (Phi) is 4.37. The van der Waals surface area contributed by atoms with E-state index in [0.717, 1.165) is 16.8 Å². The van der Waals surface area contributed by atoms with E-state index < -0.39 is 0 Å². The van der Waals surface area contributed by atoms with E-state index in [1.165, 1.54) is 34.2 Å². The van der Waals surface area contributed by atoms with E-state index in [1.54, 1.807) is 0 Å². The Bertz CT molecular complexity index is 566. The van der Waals surface area contributed by atoms with Crippen molar-refractivity contribution in [1.29, 1.82) is 0 Å². The molecule has 1 heterocycles. The standard InChI is InChI=1S/C15H18ClNS2/c1-18-13-8-4-6-11(13)17-9-14-15(16)10-5-2-3-7-12(10)19-14/h2-3,5,7,11,13,17H,4,6,8-9H2,1H3. The molecule has 1 fully saturated rings. The lowest BCUT2D eigenvalue weighted by Gasteiger charge is -2.18. The predicted octanol–water partition coefficient (Wildman–Crippen LogP) is 4.93. The molecule has 102 valence electrons. The third-order valence-electron chi connectivity index (χ3n) is 3.88. The predicted molar refractivity (Wildman–Crippen MR) is 88.6 cm³/mol. The van der Waals surface area contributed by atoms with Gasteiger partial charge in [-0.15, -0.1) is 11.3 Å². The molecule has 19 heavy (non-hydrogen) atoms. The van der Waals surface area contributed by atoms with Gasteiger partial charge in [-0.3, -0.25) is 0 Å². The van der Waals surface area contributed by atoms with E-state index in [1.807, 2.05) is 23.1 Å². The highest BCUT2D eigenvalue weighted by Gasteiger charge is 2.26. The zero-order chi connectivity index (χ0) is 13.2. The van der Waals surface area contributed by atoms with E-state index in [4.69, 9.17) is 11.6 Å². The molecule has 0 aliphatic heterocycles. The summed E-state index contributed by atoms with van der Waals surface area (Å²) in [5, 5.41) is 6.61. The SMILES string of the molecule is CSC1CCCC1NCc1sc2ccccc2c1Cl. The summed E-state index contributed by atoms with van der Waals surface area (Å²) in [6.45, 7) is 0.903. The van der Waals surface area contributed by atoms with Crippen LogP contribution in [0.25, 0.3) is 10.1 Å². The molecule has 1 saturated carbocycles. The first-order valence-electron chi connectivity index (χ1n) is 6.71. The summed E-state index contributed by atoms with van der Waals surface area (Å²) >= 11 is 10.3. The molecule has 0 radical (unpaired) electrons. The maximum absolute atomic E-state index is 6.48. The molecule has 1 aromatic carbocycles. The van der Waals surface area contributed by atoms with Crippen molar-refractivity contribution in [3.8, 4) is 0 Å². The molecule has 0 amide bonds. The molecule has 1 nitrogen and oxygen atoms in total. The number of nitrogens with one attached hydrogen (secondary N) is 1. The van der Waals surface area contributed by atoms with Crippen molar-refractivity contribution in [2.75, 3.05) is 6.26 Å². The maximum atomic E-state index is 6.48. The zero-order valence-corrected chi connectivity index (χ0v) is 13.4. The Morgan fingerprint density at radius 3 is 3.00 bits per heavy atom. The number of hydrogen-bond donors (Lipinski definition) is 1. The van der Waals surface area contributed by atoms with Gasteiger partial charge in [-0.2, -0.15) is 11.8 Å². The monoisotopic (exact) mass is 311 g/mol. The first kappa shape index (κ1) is 13.7. The molecular formula is C15H18ClNS2. The third-order valence-corrected chi connectivity index (χ3v) is 6.77. The number of fused-ring (bicyclic) bond motifs is 1. The Labute approximate surface area is 127 Å². The minimum Gasteiger partial charge on any atom is -0.308 e. The van der Waals surface area contributed by atoms with Crippen molar-refractivity contribution >= 4 is 44.8 Å². The Balaban J connectivity index is 1.73. The Morgan fingerprint density at radius 1 is 1.37 bits per heavy atom. The van der Waals surface area contributed by atoms with Crippen molar-refractivity contribution in [2.45, 2.75) is 37.1 Å². The van der Waals surface area contributed by atoms with Gasteiger partial charge >= 0.3 is 0 Å². The van der Waals surface area contributed by atoms with Crippen molar-refractivity contribution in [3.63, 3.8) is 0 Å². The van der Waals surface area contributed by atoms with Gasteiger partial charge in [0.1, 0.15) is 0 Å². The first-order valence-corrected chi connectivity index (χ1v) is 9.20. The summed E-state index contributed by atoms with van der Waals surface area (Å²) in [5.74, 6) is 0. The fourth-order valence-electron chi connectivity index (χ4n) is 2.84. The summed E-state index contributed by atoms with van der Waals surface area (Å²) in [6, 6.07) is 9.04. The topological polar surface area (TPSA) is 12.0 Å². The highest BCUT2D eigenvalue weighted by molar-refractivity contribution is 7.99. The molecule has 1 aliphatic rings. The molecule has 1 N–H and O–H groups in total. The minimum atomic E-state index is 0.649. The molecule has 1 aliphatic carbocycles. The van der Waals surface area contributed by atoms with Gasteiger partial charge in [-0.25, -0.2) is 0 Å². The van der Waals surface area contributed by atoms with Crippen molar-refractivity contribution < 1.29 is 0 Å². The summed E-state index contributed by atoms with van der Waals surface area (Å²) < 4.78 is 1.29. The number of thioether (sulfide) groups is 1. The normalized spacial score (nSPS) is 23.3. The number of halogens is 1. The second-order valence-corrected chi connectivity index (χ2v) is 7.62. The van der Waals surface area contributed by atoms with Crippen molar-refractivity contribution in [1.82, 2.24) is 5.32 Å².